The second-order valence-electron chi connectivity index (χ2n) is 3.48. The summed E-state index contributed by atoms with van der Waals surface area (Å²) >= 11 is 3.02. The lowest BCUT2D eigenvalue weighted by Crippen LogP contribution is -2.20. The van der Waals surface area contributed by atoms with Gasteiger partial charge in [-0.1, -0.05) is 0 Å². The molecule has 0 saturated heterocycles. The van der Waals surface area contributed by atoms with Crippen LogP contribution in [0.5, 0.6) is 11.5 Å². The molecule has 0 aromatic heterocycles. The molecule has 0 saturated carbocycles. The Kier molecular flexibility index (Phi) is 6.25. The summed E-state index contributed by atoms with van der Waals surface area (Å²) in [7, 11) is 1.31. The number of alkyl halides is 3. The van der Waals surface area contributed by atoms with Crippen molar-refractivity contribution in [2.24, 2.45) is 5.73 Å². The van der Waals surface area contributed by atoms with Gasteiger partial charge in [-0.3, -0.25) is 0 Å². The summed E-state index contributed by atoms with van der Waals surface area (Å²) in [6.07, 6.45) is -5.47. The highest BCUT2D eigenvalue weighted by Gasteiger charge is 2.31. The van der Waals surface area contributed by atoms with Crippen LogP contribution in [0, 0.1) is 0 Å². The van der Waals surface area contributed by atoms with E-state index in [1.54, 1.807) is 0 Å². The molecule has 0 heterocycles. The fourth-order valence-corrected chi connectivity index (χ4v) is 1.79. The number of hydrogen-bond acceptors (Lipinski definition) is 3. The van der Waals surface area contributed by atoms with E-state index < -0.39 is 18.6 Å². The Morgan fingerprint density at radius 3 is 2.44 bits per heavy atom. The molecule has 0 fully saturated rings. The molecule has 0 aliphatic rings. The molecule has 3 N–H and O–H groups in total. The van der Waals surface area contributed by atoms with Crippen molar-refractivity contribution in [3.05, 3.63) is 22.2 Å². The highest BCUT2D eigenvalue weighted by Crippen LogP contribution is 2.38. The third-order valence-electron chi connectivity index (χ3n) is 2.15. The number of phenols is 1. The lowest BCUT2D eigenvalue weighted by molar-refractivity contribution is -0.138. The van der Waals surface area contributed by atoms with E-state index in [0.717, 1.165) is 0 Å². The SMILES string of the molecule is COc1cc([C@@H](N)CC(F)(F)F)cc(Br)c1O.Cl. The van der Waals surface area contributed by atoms with Crippen LogP contribution in [0.4, 0.5) is 13.2 Å². The highest BCUT2D eigenvalue weighted by molar-refractivity contribution is 9.10. The van der Waals surface area contributed by atoms with Crippen molar-refractivity contribution in [1.82, 2.24) is 0 Å². The molecule has 1 aromatic rings. The first kappa shape index (κ1) is 17.3. The third kappa shape index (κ3) is 4.55. The second kappa shape index (κ2) is 6.49. The van der Waals surface area contributed by atoms with Crippen molar-refractivity contribution in [2.45, 2.75) is 18.6 Å². The maximum Gasteiger partial charge on any atom is 0.390 e. The van der Waals surface area contributed by atoms with Crippen LogP contribution in [0.15, 0.2) is 16.6 Å². The predicted octanol–water partition coefficient (Wildman–Crippen LogP) is 3.54. The van der Waals surface area contributed by atoms with Gasteiger partial charge < -0.3 is 15.6 Å². The van der Waals surface area contributed by atoms with E-state index in [1.807, 2.05) is 0 Å². The second-order valence-corrected chi connectivity index (χ2v) is 4.33. The van der Waals surface area contributed by atoms with Crippen molar-refractivity contribution < 1.29 is 23.0 Å². The largest absolute Gasteiger partial charge is 0.503 e. The molecule has 3 nitrogen and oxygen atoms in total. The standard InChI is InChI=1S/C10H11BrF3NO2.ClH/c1-17-8-3-5(2-6(11)9(8)16)7(15)4-10(12,13)14;/h2-3,7,16H,4,15H2,1H3;1H/t7-;/m0./s1. The van der Waals surface area contributed by atoms with E-state index in [4.69, 9.17) is 10.5 Å². The summed E-state index contributed by atoms with van der Waals surface area (Å²) in [6.45, 7) is 0. The topological polar surface area (TPSA) is 55.5 Å². The number of aromatic hydroxyl groups is 1. The molecule has 0 radical (unpaired) electrons. The highest BCUT2D eigenvalue weighted by atomic mass is 79.9. The van der Waals surface area contributed by atoms with Crippen LogP contribution in [0.1, 0.15) is 18.0 Å². The molecule has 0 unspecified atom stereocenters. The van der Waals surface area contributed by atoms with Crippen molar-refractivity contribution >= 4 is 28.3 Å². The maximum atomic E-state index is 12.2. The van der Waals surface area contributed by atoms with Gasteiger partial charge in [-0.05, 0) is 33.6 Å². The minimum atomic E-state index is -4.34. The summed E-state index contributed by atoms with van der Waals surface area (Å²) in [5.41, 5.74) is 5.69. The number of benzene rings is 1. The van der Waals surface area contributed by atoms with E-state index in [9.17, 15) is 18.3 Å². The molecule has 18 heavy (non-hydrogen) atoms. The van der Waals surface area contributed by atoms with Gasteiger partial charge in [-0.2, -0.15) is 13.2 Å². The van der Waals surface area contributed by atoms with Crippen LogP contribution >= 0.6 is 28.3 Å². The predicted molar refractivity (Wildman–Crippen MR) is 67.2 cm³/mol. The number of nitrogens with two attached hydrogens (primary N) is 1. The quantitative estimate of drug-likeness (QED) is 0.877. The third-order valence-corrected chi connectivity index (χ3v) is 2.75. The zero-order chi connectivity index (χ0) is 13.2. The smallest absolute Gasteiger partial charge is 0.390 e. The molecule has 0 aliphatic carbocycles. The summed E-state index contributed by atoms with van der Waals surface area (Å²) in [4.78, 5) is 0. The Bertz CT molecular complexity index is 415. The first-order valence-corrected chi connectivity index (χ1v) is 5.42. The van der Waals surface area contributed by atoms with Gasteiger partial charge in [-0.25, -0.2) is 0 Å². The Morgan fingerprint density at radius 1 is 1.44 bits per heavy atom. The first-order valence-electron chi connectivity index (χ1n) is 4.63. The van der Waals surface area contributed by atoms with Gasteiger partial charge in [0.25, 0.3) is 0 Å². The van der Waals surface area contributed by atoms with Crippen molar-refractivity contribution in [1.29, 1.82) is 0 Å². The van der Waals surface area contributed by atoms with Crippen LogP contribution in [-0.2, 0) is 0 Å². The summed E-state index contributed by atoms with van der Waals surface area (Å²) < 4.78 is 41.6. The van der Waals surface area contributed by atoms with Crippen LogP contribution in [0.25, 0.3) is 0 Å². The van der Waals surface area contributed by atoms with Gasteiger partial charge in [0.15, 0.2) is 11.5 Å². The Balaban J connectivity index is 0.00000289. The van der Waals surface area contributed by atoms with Crippen LogP contribution in [0.2, 0.25) is 0 Å². The van der Waals surface area contributed by atoms with E-state index in [0.29, 0.717) is 0 Å². The van der Waals surface area contributed by atoms with Gasteiger partial charge in [0.1, 0.15) is 0 Å². The van der Waals surface area contributed by atoms with E-state index in [1.165, 1.54) is 19.2 Å². The molecule has 1 aromatic carbocycles. The number of phenolic OH excluding ortho intramolecular Hbond substituents is 1. The Hall–Kier alpha value is -0.660. The number of hydrogen-bond donors (Lipinski definition) is 2. The maximum absolute atomic E-state index is 12.2. The number of methoxy groups -OCH3 is 1. The monoisotopic (exact) mass is 349 g/mol. The van der Waals surface area contributed by atoms with E-state index in [2.05, 4.69) is 15.9 Å². The average molecular weight is 351 g/mol. The molecular formula is C10H12BrClF3NO2. The van der Waals surface area contributed by atoms with Gasteiger partial charge in [-0.15, -0.1) is 12.4 Å². The molecule has 0 amide bonds. The lowest BCUT2D eigenvalue weighted by atomic mass is 10.0. The van der Waals surface area contributed by atoms with Crippen LogP contribution in [-0.4, -0.2) is 18.4 Å². The van der Waals surface area contributed by atoms with E-state index in [-0.39, 0.29) is 33.9 Å². The Morgan fingerprint density at radius 2 is 2.00 bits per heavy atom. The molecule has 1 atom stereocenters. The molecule has 0 bridgehead atoms. The van der Waals surface area contributed by atoms with Crippen LogP contribution in [0.3, 0.4) is 0 Å². The van der Waals surface area contributed by atoms with Crippen molar-refractivity contribution in [2.75, 3.05) is 7.11 Å². The molecule has 1 rings (SSSR count). The van der Waals surface area contributed by atoms with E-state index >= 15 is 0 Å². The summed E-state index contributed by atoms with van der Waals surface area (Å²) in [5.74, 6) is -0.0949. The minimum absolute atomic E-state index is 0. The van der Waals surface area contributed by atoms with Crippen molar-refractivity contribution in [3.63, 3.8) is 0 Å². The molecule has 0 aliphatic heterocycles. The fourth-order valence-electron chi connectivity index (χ4n) is 1.33. The zero-order valence-electron chi connectivity index (χ0n) is 9.29. The first-order chi connectivity index (χ1) is 7.74. The molecule has 8 heteroatoms. The molecular weight excluding hydrogens is 338 g/mol. The van der Waals surface area contributed by atoms with Gasteiger partial charge in [0.2, 0.25) is 0 Å². The number of rotatable bonds is 3. The minimum Gasteiger partial charge on any atom is -0.503 e. The van der Waals surface area contributed by atoms with Gasteiger partial charge >= 0.3 is 6.18 Å². The van der Waals surface area contributed by atoms with Crippen molar-refractivity contribution in [3.8, 4) is 11.5 Å². The fraction of sp³-hybridized carbons (Fsp3) is 0.400. The van der Waals surface area contributed by atoms with Gasteiger partial charge in [0.05, 0.1) is 18.0 Å². The molecule has 0 spiro atoms. The average Bonchev–Trinajstić information content (AvgIpc) is 2.19. The number of ether oxygens (including phenoxy) is 1. The summed E-state index contributed by atoms with van der Waals surface area (Å²) in [5, 5.41) is 9.50. The van der Waals surface area contributed by atoms with Crippen LogP contribution < -0.4 is 10.5 Å². The lowest BCUT2D eigenvalue weighted by Gasteiger charge is -2.16. The molecule has 104 valence electrons. The normalized spacial score (nSPS) is 12.8. The van der Waals surface area contributed by atoms with Gasteiger partial charge in [0, 0.05) is 6.04 Å². The number of halogens is 5. The zero-order valence-corrected chi connectivity index (χ0v) is 11.7. The Labute approximate surface area is 117 Å². The summed E-state index contributed by atoms with van der Waals surface area (Å²) in [6, 6.07) is 1.44.